The highest BCUT2D eigenvalue weighted by Gasteiger charge is 2.13. The topological polar surface area (TPSA) is 71.1 Å². The molecule has 1 saturated carbocycles. The molecule has 0 aromatic carbocycles. The number of hydrogen-bond acceptors (Lipinski definition) is 4. The van der Waals surface area contributed by atoms with Gasteiger partial charge in [0.1, 0.15) is 5.82 Å². The van der Waals surface area contributed by atoms with Gasteiger partial charge in [-0.25, -0.2) is 13.4 Å². The summed E-state index contributed by atoms with van der Waals surface area (Å²) in [5, 5.41) is 3.46. The number of nitrogens with zero attached hydrogens (tertiary/aromatic N) is 1. The Balaban J connectivity index is 1.89. The molecule has 2 rings (SSSR count). The van der Waals surface area contributed by atoms with Crippen LogP contribution >= 0.6 is 0 Å². The molecule has 0 aliphatic heterocycles. The lowest BCUT2D eigenvalue weighted by atomic mass is 10.1. The van der Waals surface area contributed by atoms with Gasteiger partial charge in [0.05, 0.1) is 17.6 Å². The van der Waals surface area contributed by atoms with Crippen LogP contribution in [0.1, 0.15) is 58.3 Å². The summed E-state index contributed by atoms with van der Waals surface area (Å²) in [6.45, 7) is 1.98. The molecule has 0 amide bonds. The second-order valence-corrected chi connectivity index (χ2v) is 7.88. The minimum Gasteiger partial charge on any atom is -0.367 e. The van der Waals surface area contributed by atoms with Crippen molar-refractivity contribution in [3.05, 3.63) is 18.3 Å². The van der Waals surface area contributed by atoms with Gasteiger partial charge >= 0.3 is 0 Å². The van der Waals surface area contributed by atoms with Crippen molar-refractivity contribution in [2.75, 3.05) is 15.8 Å². The Bertz CT molecular complexity index is 535. The minimum atomic E-state index is -3.25. The Morgan fingerprint density at radius 2 is 1.91 bits per heavy atom. The summed E-state index contributed by atoms with van der Waals surface area (Å²) < 4.78 is 26.3. The summed E-state index contributed by atoms with van der Waals surface area (Å²) >= 11 is 0. The maximum atomic E-state index is 11.8. The van der Waals surface area contributed by atoms with Gasteiger partial charge in [0.25, 0.3) is 0 Å². The van der Waals surface area contributed by atoms with Crippen LogP contribution in [-0.4, -0.2) is 25.2 Å². The number of rotatable bonds is 7. The number of sulfonamides is 1. The summed E-state index contributed by atoms with van der Waals surface area (Å²) in [6, 6.07) is 4.11. The number of nitrogens with one attached hydrogen (secondary N) is 2. The first-order valence-electron chi connectivity index (χ1n) is 8.32. The van der Waals surface area contributed by atoms with E-state index in [1.54, 1.807) is 12.3 Å². The molecule has 1 aliphatic carbocycles. The Morgan fingerprint density at radius 1 is 1.18 bits per heavy atom. The molecule has 124 valence electrons. The molecule has 0 saturated heterocycles. The zero-order chi connectivity index (χ0) is 15.8. The molecule has 6 heteroatoms. The molecule has 1 aromatic rings. The maximum absolute atomic E-state index is 11.8. The smallest absolute Gasteiger partial charge is 0.232 e. The summed E-state index contributed by atoms with van der Waals surface area (Å²) in [5.74, 6) is 0.981. The predicted molar refractivity (Wildman–Crippen MR) is 91.7 cm³/mol. The van der Waals surface area contributed by atoms with Crippen molar-refractivity contribution < 1.29 is 8.42 Å². The molecule has 1 heterocycles. The summed E-state index contributed by atoms with van der Waals surface area (Å²) in [4.78, 5) is 4.33. The monoisotopic (exact) mass is 325 g/mol. The van der Waals surface area contributed by atoms with Crippen LogP contribution in [0.4, 0.5) is 11.5 Å². The van der Waals surface area contributed by atoms with Gasteiger partial charge in [0, 0.05) is 6.04 Å². The third-order valence-corrected chi connectivity index (χ3v) is 5.38. The molecule has 1 aliphatic rings. The highest BCUT2D eigenvalue weighted by molar-refractivity contribution is 7.92. The van der Waals surface area contributed by atoms with E-state index in [0.29, 0.717) is 18.2 Å². The molecule has 0 atom stereocenters. The molecule has 5 nitrogen and oxygen atoms in total. The third-order valence-electron chi connectivity index (χ3n) is 4.01. The van der Waals surface area contributed by atoms with Crippen LogP contribution < -0.4 is 10.0 Å². The number of anilines is 2. The van der Waals surface area contributed by atoms with Gasteiger partial charge in [0.15, 0.2) is 0 Å². The van der Waals surface area contributed by atoms with E-state index in [2.05, 4.69) is 15.0 Å². The molecular weight excluding hydrogens is 298 g/mol. The number of unbranched alkanes of at least 4 members (excludes halogenated alkanes) is 1. The molecule has 0 spiro atoms. The van der Waals surface area contributed by atoms with Crippen LogP contribution in [0.5, 0.6) is 0 Å². The van der Waals surface area contributed by atoms with Crippen molar-refractivity contribution in [2.24, 2.45) is 0 Å². The van der Waals surface area contributed by atoms with Crippen LogP contribution in [0, 0.1) is 0 Å². The fourth-order valence-corrected chi connectivity index (χ4v) is 3.99. The average molecular weight is 325 g/mol. The van der Waals surface area contributed by atoms with E-state index in [1.165, 1.54) is 38.5 Å². The van der Waals surface area contributed by atoms with E-state index in [4.69, 9.17) is 0 Å². The van der Waals surface area contributed by atoms with Crippen molar-refractivity contribution in [1.82, 2.24) is 4.98 Å². The lowest BCUT2D eigenvalue weighted by Crippen LogP contribution is -2.19. The fraction of sp³-hybridized carbons (Fsp3) is 0.688. The first-order valence-corrected chi connectivity index (χ1v) is 9.97. The first-order chi connectivity index (χ1) is 10.6. The van der Waals surface area contributed by atoms with Crippen molar-refractivity contribution in [3.8, 4) is 0 Å². The molecule has 22 heavy (non-hydrogen) atoms. The first kappa shape index (κ1) is 17.1. The Morgan fingerprint density at radius 3 is 2.50 bits per heavy atom. The van der Waals surface area contributed by atoms with Crippen molar-refractivity contribution >= 4 is 21.5 Å². The molecule has 0 bridgehead atoms. The van der Waals surface area contributed by atoms with Crippen LogP contribution in [0.2, 0.25) is 0 Å². The Kier molecular flexibility index (Phi) is 6.49. The van der Waals surface area contributed by atoms with Crippen molar-refractivity contribution in [3.63, 3.8) is 0 Å². The van der Waals surface area contributed by atoms with E-state index >= 15 is 0 Å². The Labute approximate surface area is 134 Å². The second kappa shape index (κ2) is 8.36. The van der Waals surface area contributed by atoms with Gasteiger partial charge in [-0.1, -0.05) is 39.0 Å². The Hall–Kier alpha value is -1.30. The van der Waals surface area contributed by atoms with Gasteiger partial charge in [-0.05, 0) is 31.4 Å². The number of hydrogen-bond donors (Lipinski definition) is 2. The van der Waals surface area contributed by atoms with E-state index < -0.39 is 10.0 Å². The van der Waals surface area contributed by atoms with Crippen molar-refractivity contribution in [1.29, 1.82) is 0 Å². The standard InChI is InChI=1S/C16H27N3O2S/c1-2-3-12-22(20,21)19-15-10-11-16(17-13-15)18-14-8-6-4-5-7-9-14/h10-11,13-14,19H,2-9,12H2,1H3,(H,17,18). The fourth-order valence-electron chi connectivity index (χ4n) is 2.74. The van der Waals surface area contributed by atoms with Gasteiger partial charge in [-0.3, -0.25) is 4.72 Å². The molecule has 1 aromatic heterocycles. The summed E-state index contributed by atoms with van der Waals surface area (Å²) in [7, 11) is -3.25. The van der Waals surface area contributed by atoms with Crippen LogP contribution in [0.15, 0.2) is 18.3 Å². The molecule has 0 radical (unpaired) electrons. The average Bonchev–Trinajstić information content (AvgIpc) is 2.76. The van der Waals surface area contributed by atoms with Crippen LogP contribution in [0.3, 0.4) is 0 Å². The van der Waals surface area contributed by atoms with Crippen LogP contribution in [-0.2, 0) is 10.0 Å². The number of pyridine rings is 1. The highest BCUT2D eigenvalue weighted by Crippen LogP contribution is 2.21. The molecule has 0 unspecified atom stereocenters. The lowest BCUT2D eigenvalue weighted by molar-refractivity contribution is 0.598. The zero-order valence-corrected chi connectivity index (χ0v) is 14.2. The lowest BCUT2D eigenvalue weighted by Gasteiger charge is -2.17. The van der Waals surface area contributed by atoms with Gasteiger partial charge in [0.2, 0.25) is 10.0 Å². The summed E-state index contributed by atoms with van der Waals surface area (Å²) in [5.41, 5.74) is 0.530. The molecule has 1 fully saturated rings. The van der Waals surface area contributed by atoms with E-state index in [-0.39, 0.29) is 5.75 Å². The summed E-state index contributed by atoms with van der Waals surface area (Å²) in [6.07, 6.45) is 10.7. The van der Waals surface area contributed by atoms with E-state index in [0.717, 1.165) is 12.2 Å². The van der Waals surface area contributed by atoms with E-state index in [1.807, 2.05) is 13.0 Å². The van der Waals surface area contributed by atoms with Crippen LogP contribution in [0.25, 0.3) is 0 Å². The van der Waals surface area contributed by atoms with E-state index in [9.17, 15) is 8.42 Å². The normalized spacial score (nSPS) is 17.0. The molecule has 2 N–H and O–H groups in total. The maximum Gasteiger partial charge on any atom is 0.232 e. The van der Waals surface area contributed by atoms with Gasteiger partial charge < -0.3 is 5.32 Å². The van der Waals surface area contributed by atoms with Crippen molar-refractivity contribution in [2.45, 2.75) is 64.3 Å². The third kappa shape index (κ3) is 5.83. The minimum absolute atomic E-state index is 0.158. The van der Waals surface area contributed by atoms with Gasteiger partial charge in [-0.2, -0.15) is 0 Å². The largest absolute Gasteiger partial charge is 0.367 e. The SMILES string of the molecule is CCCCS(=O)(=O)Nc1ccc(NC2CCCCCC2)nc1. The zero-order valence-electron chi connectivity index (χ0n) is 13.3. The quantitative estimate of drug-likeness (QED) is 0.749. The highest BCUT2D eigenvalue weighted by atomic mass is 32.2. The van der Waals surface area contributed by atoms with Gasteiger partial charge in [-0.15, -0.1) is 0 Å². The number of aromatic nitrogens is 1. The second-order valence-electron chi connectivity index (χ2n) is 6.04. The predicted octanol–water partition coefficient (Wildman–Crippen LogP) is 3.76. The molecular formula is C16H27N3O2S.